The number of hydrogen-bond donors (Lipinski definition) is 1. The highest BCUT2D eigenvalue weighted by Gasteiger charge is 2.14. The van der Waals surface area contributed by atoms with E-state index in [1.807, 2.05) is 42.5 Å². The van der Waals surface area contributed by atoms with Gasteiger partial charge in [0.15, 0.2) is 0 Å². The third kappa shape index (κ3) is 4.93. The summed E-state index contributed by atoms with van der Waals surface area (Å²) >= 11 is 0. The minimum absolute atomic E-state index is 0.187. The van der Waals surface area contributed by atoms with E-state index in [9.17, 15) is 4.79 Å². The van der Waals surface area contributed by atoms with Gasteiger partial charge in [0.1, 0.15) is 0 Å². The highest BCUT2D eigenvalue weighted by molar-refractivity contribution is 5.95. The fourth-order valence-corrected chi connectivity index (χ4v) is 3.49. The quantitative estimate of drug-likeness (QED) is 0.676. The monoisotopic (exact) mass is 388 g/mol. The maximum atomic E-state index is 12.3. The summed E-state index contributed by atoms with van der Waals surface area (Å²) in [6.07, 6.45) is 4.32. The molecule has 148 valence electrons. The first-order chi connectivity index (χ1) is 14.2. The van der Waals surface area contributed by atoms with Crippen LogP contribution in [0.3, 0.4) is 0 Å². The Bertz CT molecular complexity index is 994. The summed E-state index contributed by atoms with van der Waals surface area (Å²) in [5.74, 6) is 1.05. The van der Waals surface area contributed by atoms with Crippen molar-refractivity contribution in [3.8, 4) is 11.4 Å². The summed E-state index contributed by atoms with van der Waals surface area (Å²) in [6.45, 7) is 2.71. The molecule has 7 heteroatoms. The van der Waals surface area contributed by atoms with Crippen molar-refractivity contribution in [3.63, 3.8) is 0 Å². The first kappa shape index (κ1) is 19.0. The smallest absolute Gasteiger partial charge is 0.267 e. The average Bonchev–Trinajstić information content (AvgIpc) is 3.22. The van der Waals surface area contributed by atoms with Gasteiger partial charge in [-0.3, -0.25) is 4.79 Å². The van der Waals surface area contributed by atoms with Crippen molar-refractivity contribution in [2.24, 2.45) is 11.0 Å². The lowest BCUT2D eigenvalue weighted by Gasteiger charge is -2.18. The summed E-state index contributed by atoms with van der Waals surface area (Å²) in [5.41, 5.74) is 6.28. The normalized spacial score (nSPS) is 18.0. The van der Waals surface area contributed by atoms with Gasteiger partial charge in [-0.25, -0.2) is 5.43 Å². The van der Waals surface area contributed by atoms with Crippen LogP contribution < -0.4 is 5.43 Å². The topological polar surface area (TPSA) is 85.1 Å². The lowest BCUT2D eigenvalue weighted by molar-refractivity contribution is 0.0954. The Kier molecular flexibility index (Phi) is 5.74. The number of hydrogen-bond acceptors (Lipinski definition) is 5. The predicted molar refractivity (Wildman–Crippen MR) is 111 cm³/mol. The summed E-state index contributed by atoms with van der Waals surface area (Å²) < 4.78 is 0. The molecule has 0 radical (unpaired) electrons. The number of aromatic nitrogens is 4. The van der Waals surface area contributed by atoms with Gasteiger partial charge in [0.05, 0.1) is 6.54 Å². The molecule has 4 rings (SSSR count). The van der Waals surface area contributed by atoms with E-state index in [0.29, 0.717) is 23.9 Å². The standard InChI is InChI=1S/C22H24N6O/c1-16-6-5-9-20(14-16)23-25-22(29)19-12-10-17(11-13-19)15-28-26-21(24-27-28)18-7-3-2-4-8-18/h2-4,7-8,10-13,16H,5-6,9,14-15H2,1H3,(H,25,29)/b23-20-. The molecule has 1 amide bonds. The average molecular weight is 388 g/mol. The second-order valence-corrected chi connectivity index (χ2v) is 7.53. The molecule has 1 unspecified atom stereocenters. The molecule has 7 nitrogen and oxygen atoms in total. The third-order valence-corrected chi connectivity index (χ3v) is 5.09. The van der Waals surface area contributed by atoms with Gasteiger partial charge in [-0.15, -0.1) is 10.2 Å². The van der Waals surface area contributed by atoms with E-state index in [1.54, 1.807) is 16.9 Å². The zero-order valence-corrected chi connectivity index (χ0v) is 16.5. The van der Waals surface area contributed by atoms with Crippen molar-refractivity contribution in [1.82, 2.24) is 25.6 Å². The lowest BCUT2D eigenvalue weighted by Crippen LogP contribution is -2.22. The molecule has 1 atom stereocenters. The van der Waals surface area contributed by atoms with Crippen LogP contribution in [0.25, 0.3) is 11.4 Å². The Labute approximate surface area is 169 Å². The van der Waals surface area contributed by atoms with E-state index < -0.39 is 0 Å². The fraction of sp³-hybridized carbons (Fsp3) is 0.318. The Morgan fingerprint density at radius 3 is 2.72 bits per heavy atom. The first-order valence-electron chi connectivity index (χ1n) is 9.95. The molecular formula is C22H24N6O. The van der Waals surface area contributed by atoms with Crippen LogP contribution in [0.2, 0.25) is 0 Å². The third-order valence-electron chi connectivity index (χ3n) is 5.09. The van der Waals surface area contributed by atoms with Gasteiger partial charge in [0.2, 0.25) is 5.82 Å². The minimum Gasteiger partial charge on any atom is -0.267 e. The largest absolute Gasteiger partial charge is 0.271 e. The van der Waals surface area contributed by atoms with Crippen molar-refractivity contribution in [3.05, 3.63) is 65.7 Å². The van der Waals surface area contributed by atoms with Gasteiger partial charge in [0, 0.05) is 16.8 Å². The predicted octanol–water partition coefficient (Wildman–Crippen LogP) is 3.68. The highest BCUT2D eigenvalue weighted by Crippen LogP contribution is 2.21. The number of carbonyl (C=O) groups excluding carboxylic acids is 1. The summed E-state index contributed by atoms with van der Waals surface area (Å²) in [7, 11) is 0. The minimum atomic E-state index is -0.187. The van der Waals surface area contributed by atoms with Crippen molar-refractivity contribution in [2.75, 3.05) is 0 Å². The Morgan fingerprint density at radius 1 is 1.17 bits per heavy atom. The van der Waals surface area contributed by atoms with Crippen molar-refractivity contribution in [1.29, 1.82) is 0 Å². The first-order valence-corrected chi connectivity index (χ1v) is 9.95. The lowest BCUT2D eigenvalue weighted by atomic mass is 9.89. The molecule has 0 spiro atoms. The number of amides is 1. The van der Waals surface area contributed by atoms with E-state index >= 15 is 0 Å². The second-order valence-electron chi connectivity index (χ2n) is 7.53. The van der Waals surface area contributed by atoms with E-state index in [1.165, 1.54) is 6.42 Å². The van der Waals surface area contributed by atoms with Gasteiger partial charge in [-0.05, 0) is 54.5 Å². The Morgan fingerprint density at radius 2 is 1.97 bits per heavy atom. The van der Waals surface area contributed by atoms with Crippen molar-refractivity contribution < 1.29 is 4.79 Å². The van der Waals surface area contributed by atoms with E-state index in [0.717, 1.165) is 36.1 Å². The zero-order chi connectivity index (χ0) is 20.1. The van der Waals surface area contributed by atoms with Gasteiger partial charge >= 0.3 is 0 Å². The molecule has 1 N–H and O–H groups in total. The van der Waals surface area contributed by atoms with Crippen LogP contribution in [-0.2, 0) is 6.54 Å². The molecule has 1 aliphatic carbocycles. The fourth-order valence-electron chi connectivity index (χ4n) is 3.49. The molecule has 29 heavy (non-hydrogen) atoms. The van der Waals surface area contributed by atoms with E-state index in [-0.39, 0.29) is 5.91 Å². The highest BCUT2D eigenvalue weighted by atomic mass is 16.2. The summed E-state index contributed by atoms with van der Waals surface area (Å²) in [6, 6.07) is 17.1. The number of hydrazone groups is 1. The van der Waals surface area contributed by atoms with Crippen LogP contribution in [0.1, 0.15) is 48.5 Å². The molecule has 1 fully saturated rings. The zero-order valence-electron chi connectivity index (χ0n) is 16.5. The molecule has 0 aliphatic heterocycles. The van der Waals surface area contributed by atoms with Crippen molar-refractivity contribution >= 4 is 11.6 Å². The van der Waals surface area contributed by atoms with E-state index in [4.69, 9.17) is 0 Å². The number of rotatable bonds is 5. The Hall–Kier alpha value is -3.35. The van der Waals surface area contributed by atoms with Gasteiger partial charge in [0.25, 0.3) is 5.91 Å². The molecule has 3 aromatic rings. The number of carbonyl (C=O) groups is 1. The summed E-state index contributed by atoms with van der Waals surface area (Å²) in [5, 5.41) is 17.0. The van der Waals surface area contributed by atoms with Crippen LogP contribution >= 0.6 is 0 Å². The van der Waals surface area contributed by atoms with E-state index in [2.05, 4.69) is 32.9 Å². The number of tetrazole rings is 1. The number of nitrogens with zero attached hydrogens (tertiary/aromatic N) is 5. The molecule has 1 saturated carbocycles. The summed E-state index contributed by atoms with van der Waals surface area (Å²) in [4.78, 5) is 13.9. The van der Waals surface area contributed by atoms with Crippen molar-refractivity contribution in [2.45, 2.75) is 39.2 Å². The molecule has 0 bridgehead atoms. The van der Waals surface area contributed by atoms with Crippen LogP contribution in [0.4, 0.5) is 0 Å². The SMILES string of the molecule is CC1CCC/C(=N/NC(=O)c2ccc(Cn3nnc(-c4ccccc4)n3)cc2)C1. The molecular weight excluding hydrogens is 364 g/mol. The molecule has 0 saturated heterocycles. The van der Waals surface area contributed by atoms with Gasteiger partial charge in [-0.2, -0.15) is 9.90 Å². The molecule has 1 aliphatic rings. The molecule has 2 aromatic carbocycles. The maximum absolute atomic E-state index is 12.3. The van der Waals surface area contributed by atoms with Crippen LogP contribution in [-0.4, -0.2) is 31.8 Å². The van der Waals surface area contributed by atoms with Gasteiger partial charge in [-0.1, -0.05) is 49.4 Å². The number of benzene rings is 2. The Balaban J connectivity index is 1.36. The van der Waals surface area contributed by atoms with Crippen LogP contribution in [0, 0.1) is 5.92 Å². The number of nitrogens with one attached hydrogen (secondary N) is 1. The maximum Gasteiger partial charge on any atom is 0.271 e. The van der Waals surface area contributed by atoms with Crippen LogP contribution in [0.15, 0.2) is 59.7 Å². The van der Waals surface area contributed by atoms with Crippen LogP contribution in [0.5, 0.6) is 0 Å². The van der Waals surface area contributed by atoms with Gasteiger partial charge < -0.3 is 0 Å². The second kappa shape index (κ2) is 8.77. The molecule has 1 heterocycles. The molecule has 1 aromatic heterocycles.